The van der Waals surface area contributed by atoms with Crippen LogP contribution in [0.25, 0.3) is 0 Å². The largest absolute Gasteiger partial charge is 0.416 e. The molecule has 0 saturated carbocycles. The molecule has 3 N–H and O–H groups in total. The SMILES string of the molecule is C[C@@H](CO)Nc1ccnc(Nc2cccc(C(F)(F)F)c2)n1. The Morgan fingerprint density at radius 1 is 1.27 bits per heavy atom. The van der Waals surface area contributed by atoms with Gasteiger partial charge in [0.05, 0.1) is 12.2 Å². The normalized spacial score (nSPS) is 12.8. The van der Waals surface area contributed by atoms with Crippen LogP contribution in [0.5, 0.6) is 0 Å². The molecular formula is C14H15F3N4O. The van der Waals surface area contributed by atoms with E-state index in [-0.39, 0.29) is 24.3 Å². The van der Waals surface area contributed by atoms with Crippen LogP contribution in [0.4, 0.5) is 30.6 Å². The Kier molecular flexibility index (Phi) is 4.81. The summed E-state index contributed by atoms with van der Waals surface area (Å²) in [6.45, 7) is 1.70. The molecule has 5 nitrogen and oxygen atoms in total. The van der Waals surface area contributed by atoms with Crippen molar-refractivity contribution in [2.75, 3.05) is 17.2 Å². The number of aromatic nitrogens is 2. The molecule has 0 aliphatic rings. The third-order valence-electron chi connectivity index (χ3n) is 2.77. The maximum absolute atomic E-state index is 12.7. The zero-order valence-electron chi connectivity index (χ0n) is 11.7. The number of hydrogen-bond acceptors (Lipinski definition) is 5. The van der Waals surface area contributed by atoms with Crippen LogP contribution in [0, 0.1) is 0 Å². The average Bonchev–Trinajstić information content (AvgIpc) is 2.47. The van der Waals surface area contributed by atoms with E-state index in [1.54, 1.807) is 13.0 Å². The second-order valence-electron chi connectivity index (χ2n) is 4.70. The van der Waals surface area contributed by atoms with Gasteiger partial charge in [-0.05, 0) is 31.2 Å². The minimum absolute atomic E-state index is 0.0691. The van der Waals surface area contributed by atoms with Crippen molar-refractivity contribution in [3.8, 4) is 0 Å². The van der Waals surface area contributed by atoms with Crippen LogP contribution in [0.15, 0.2) is 36.5 Å². The lowest BCUT2D eigenvalue weighted by Gasteiger charge is -2.13. The lowest BCUT2D eigenvalue weighted by atomic mass is 10.2. The Hall–Kier alpha value is -2.35. The highest BCUT2D eigenvalue weighted by Gasteiger charge is 2.30. The topological polar surface area (TPSA) is 70.1 Å². The van der Waals surface area contributed by atoms with Crippen LogP contribution in [-0.4, -0.2) is 27.7 Å². The Bertz CT molecular complexity index is 633. The van der Waals surface area contributed by atoms with E-state index in [2.05, 4.69) is 20.6 Å². The fraction of sp³-hybridized carbons (Fsp3) is 0.286. The first kappa shape index (κ1) is 16.0. The van der Waals surface area contributed by atoms with E-state index in [4.69, 9.17) is 5.11 Å². The number of benzene rings is 1. The fourth-order valence-electron chi connectivity index (χ4n) is 1.70. The molecule has 0 unspecified atom stereocenters. The molecule has 0 aliphatic carbocycles. The van der Waals surface area contributed by atoms with Gasteiger partial charge in [-0.3, -0.25) is 0 Å². The standard InChI is InChI=1S/C14H15F3N4O/c1-9(8-22)19-12-5-6-18-13(21-12)20-11-4-2-3-10(7-11)14(15,16)17/h2-7,9,22H,8H2,1H3,(H2,18,19,20,21)/t9-/m0/s1. The molecular weight excluding hydrogens is 297 g/mol. The summed E-state index contributed by atoms with van der Waals surface area (Å²) in [5.41, 5.74) is -0.511. The van der Waals surface area contributed by atoms with Crippen LogP contribution in [-0.2, 0) is 6.18 Å². The van der Waals surface area contributed by atoms with Gasteiger partial charge in [-0.15, -0.1) is 0 Å². The van der Waals surface area contributed by atoms with Crippen molar-refractivity contribution >= 4 is 17.5 Å². The molecule has 0 aliphatic heterocycles. The third-order valence-corrected chi connectivity index (χ3v) is 2.77. The van der Waals surface area contributed by atoms with Gasteiger partial charge < -0.3 is 15.7 Å². The van der Waals surface area contributed by atoms with Gasteiger partial charge in [0.2, 0.25) is 5.95 Å². The van der Waals surface area contributed by atoms with Crippen molar-refractivity contribution in [1.29, 1.82) is 0 Å². The van der Waals surface area contributed by atoms with Crippen LogP contribution in [0.1, 0.15) is 12.5 Å². The zero-order valence-corrected chi connectivity index (χ0v) is 11.7. The van der Waals surface area contributed by atoms with Crippen molar-refractivity contribution in [3.05, 3.63) is 42.1 Å². The summed E-state index contributed by atoms with van der Waals surface area (Å²) in [6.07, 6.45) is -2.94. The van der Waals surface area contributed by atoms with E-state index in [1.807, 2.05) is 0 Å². The number of halogens is 3. The fourth-order valence-corrected chi connectivity index (χ4v) is 1.70. The highest BCUT2D eigenvalue weighted by atomic mass is 19.4. The first-order chi connectivity index (χ1) is 10.4. The maximum Gasteiger partial charge on any atom is 0.416 e. The molecule has 22 heavy (non-hydrogen) atoms. The Morgan fingerprint density at radius 3 is 2.73 bits per heavy atom. The van der Waals surface area contributed by atoms with E-state index in [0.29, 0.717) is 5.82 Å². The number of nitrogens with one attached hydrogen (secondary N) is 2. The Balaban J connectivity index is 2.15. The monoisotopic (exact) mass is 312 g/mol. The number of anilines is 3. The van der Waals surface area contributed by atoms with Gasteiger partial charge in [-0.1, -0.05) is 6.07 Å². The van der Waals surface area contributed by atoms with Crippen molar-refractivity contribution in [3.63, 3.8) is 0 Å². The summed E-state index contributed by atoms with van der Waals surface area (Å²) in [5.74, 6) is 0.625. The molecule has 0 amide bonds. The second kappa shape index (κ2) is 6.61. The highest BCUT2D eigenvalue weighted by Crippen LogP contribution is 2.31. The summed E-state index contributed by atoms with van der Waals surface area (Å²) in [5, 5.41) is 14.6. The lowest BCUT2D eigenvalue weighted by Crippen LogP contribution is -2.20. The third kappa shape index (κ3) is 4.32. The quantitative estimate of drug-likeness (QED) is 0.791. The van der Waals surface area contributed by atoms with Gasteiger partial charge in [-0.2, -0.15) is 18.2 Å². The minimum atomic E-state index is -4.40. The van der Waals surface area contributed by atoms with Gasteiger partial charge >= 0.3 is 6.18 Å². The minimum Gasteiger partial charge on any atom is -0.394 e. The van der Waals surface area contributed by atoms with E-state index >= 15 is 0 Å². The number of aliphatic hydroxyl groups is 1. The molecule has 0 bridgehead atoms. The molecule has 1 heterocycles. The van der Waals surface area contributed by atoms with Crippen molar-refractivity contribution < 1.29 is 18.3 Å². The van der Waals surface area contributed by atoms with Crippen molar-refractivity contribution in [2.24, 2.45) is 0 Å². The molecule has 0 fully saturated rings. The van der Waals surface area contributed by atoms with Crippen LogP contribution in [0.2, 0.25) is 0 Å². The lowest BCUT2D eigenvalue weighted by molar-refractivity contribution is -0.137. The summed E-state index contributed by atoms with van der Waals surface area (Å²) in [6, 6.07) is 6.18. The number of nitrogens with zero attached hydrogens (tertiary/aromatic N) is 2. The number of hydrogen-bond donors (Lipinski definition) is 3. The molecule has 8 heteroatoms. The maximum atomic E-state index is 12.7. The number of aliphatic hydroxyl groups excluding tert-OH is 1. The summed E-state index contributed by atoms with van der Waals surface area (Å²) >= 11 is 0. The predicted molar refractivity (Wildman–Crippen MR) is 76.9 cm³/mol. The first-order valence-corrected chi connectivity index (χ1v) is 6.53. The van der Waals surface area contributed by atoms with Gasteiger partial charge in [0.1, 0.15) is 5.82 Å². The van der Waals surface area contributed by atoms with Crippen LogP contribution >= 0.6 is 0 Å². The van der Waals surface area contributed by atoms with Gasteiger partial charge in [0, 0.05) is 17.9 Å². The average molecular weight is 312 g/mol. The van der Waals surface area contributed by atoms with E-state index < -0.39 is 11.7 Å². The first-order valence-electron chi connectivity index (χ1n) is 6.53. The molecule has 1 aromatic carbocycles. The second-order valence-corrected chi connectivity index (χ2v) is 4.70. The van der Waals surface area contributed by atoms with E-state index in [9.17, 15) is 13.2 Å². The molecule has 0 spiro atoms. The van der Waals surface area contributed by atoms with E-state index in [1.165, 1.54) is 18.3 Å². The van der Waals surface area contributed by atoms with Crippen LogP contribution < -0.4 is 10.6 Å². The molecule has 2 aromatic rings. The Labute approximate surface area is 125 Å². The molecule has 1 atom stereocenters. The molecule has 0 saturated heterocycles. The molecule has 0 radical (unpaired) electrons. The highest BCUT2D eigenvalue weighted by molar-refractivity contribution is 5.56. The predicted octanol–water partition coefficient (Wildman–Crippen LogP) is 3.03. The molecule has 118 valence electrons. The van der Waals surface area contributed by atoms with Gasteiger partial charge in [0.25, 0.3) is 0 Å². The molecule has 2 rings (SSSR count). The summed E-state index contributed by atoms with van der Waals surface area (Å²) in [4.78, 5) is 8.08. The zero-order chi connectivity index (χ0) is 16.2. The summed E-state index contributed by atoms with van der Waals surface area (Å²) < 4.78 is 38.0. The number of rotatable bonds is 5. The van der Waals surface area contributed by atoms with Crippen molar-refractivity contribution in [2.45, 2.75) is 19.1 Å². The van der Waals surface area contributed by atoms with Gasteiger partial charge in [0.15, 0.2) is 0 Å². The Morgan fingerprint density at radius 2 is 2.05 bits per heavy atom. The smallest absolute Gasteiger partial charge is 0.394 e. The van der Waals surface area contributed by atoms with E-state index in [0.717, 1.165) is 12.1 Å². The summed E-state index contributed by atoms with van der Waals surface area (Å²) in [7, 11) is 0. The number of alkyl halides is 3. The van der Waals surface area contributed by atoms with Crippen molar-refractivity contribution in [1.82, 2.24) is 9.97 Å². The molecule has 1 aromatic heterocycles. The van der Waals surface area contributed by atoms with Gasteiger partial charge in [-0.25, -0.2) is 4.98 Å². The van der Waals surface area contributed by atoms with Crippen LogP contribution in [0.3, 0.4) is 0 Å².